The largest absolute Gasteiger partial charge is 0.481 e. The highest BCUT2D eigenvalue weighted by atomic mass is 19.1. The van der Waals surface area contributed by atoms with Gasteiger partial charge in [0.1, 0.15) is 11.6 Å². The van der Waals surface area contributed by atoms with E-state index < -0.39 is 23.0 Å². The molecule has 0 spiro atoms. The Labute approximate surface area is 99.3 Å². The van der Waals surface area contributed by atoms with Gasteiger partial charge in [0, 0.05) is 6.07 Å². The second-order valence-electron chi connectivity index (χ2n) is 4.82. The SMILES string of the molecule is CC(C)(CCCc1cc(F)cc(F)c1)C(=O)O. The van der Waals surface area contributed by atoms with E-state index in [2.05, 4.69) is 0 Å². The molecule has 0 heterocycles. The number of benzene rings is 1. The summed E-state index contributed by atoms with van der Waals surface area (Å²) in [6, 6.07) is 3.37. The predicted molar refractivity (Wildman–Crippen MR) is 60.7 cm³/mol. The summed E-state index contributed by atoms with van der Waals surface area (Å²) in [7, 11) is 0. The number of hydrogen-bond donors (Lipinski definition) is 1. The number of aryl methyl sites for hydroxylation is 1. The van der Waals surface area contributed by atoms with Crippen LogP contribution in [0.15, 0.2) is 18.2 Å². The van der Waals surface area contributed by atoms with Crippen LogP contribution in [-0.4, -0.2) is 11.1 Å². The fourth-order valence-electron chi connectivity index (χ4n) is 1.60. The Morgan fingerprint density at radius 3 is 2.24 bits per heavy atom. The summed E-state index contributed by atoms with van der Waals surface area (Å²) < 4.78 is 25.8. The maximum atomic E-state index is 12.9. The summed E-state index contributed by atoms with van der Waals surface area (Å²) in [5.74, 6) is -2.06. The second-order valence-corrected chi connectivity index (χ2v) is 4.82. The highest BCUT2D eigenvalue weighted by Gasteiger charge is 2.26. The average molecular weight is 242 g/mol. The van der Waals surface area contributed by atoms with E-state index in [0.717, 1.165) is 6.07 Å². The van der Waals surface area contributed by atoms with Crippen molar-refractivity contribution in [2.24, 2.45) is 5.41 Å². The summed E-state index contributed by atoms with van der Waals surface area (Å²) in [6.45, 7) is 3.28. The molecular formula is C13H16F2O2. The molecule has 0 radical (unpaired) electrons. The first-order valence-corrected chi connectivity index (χ1v) is 5.49. The highest BCUT2D eigenvalue weighted by Crippen LogP contribution is 2.23. The van der Waals surface area contributed by atoms with Crippen molar-refractivity contribution in [3.63, 3.8) is 0 Å². The summed E-state index contributed by atoms with van der Waals surface area (Å²) in [6.07, 6.45) is 1.54. The van der Waals surface area contributed by atoms with Crippen LogP contribution in [-0.2, 0) is 11.2 Å². The number of rotatable bonds is 5. The number of carbonyl (C=O) groups is 1. The van der Waals surface area contributed by atoms with E-state index in [-0.39, 0.29) is 0 Å². The van der Waals surface area contributed by atoms with Crippen LogP contribution in [0.3, 0.4) is 0 Å². The molecule has 0 saturated carbocycles. The number of carboxylic acids is 1. The molecule has 1 rings (SSSR count). The van der Waals surface area contributed by atoms with Crippen molar-refractivity contribution in [2.75, 3.05) is 0 Å². The highest BCUT2D eigenvalue weighted by molar-refractivity contribution is 5.73. The van der Waals surface area contributed by atoms with Crippen molar-refractivity contribution in [3.8, 4) is 0 Å². The van der Waals surface area contributed by atoms with Gasteiger partial charge in [-0.15, -0.1) is 0 Å². The maximum absolute atomic E-state index is 12.9. The third kappa shape index (κ3) is 4.13. The van der Waals surface area contributed by atoms with Crippen molar-refractivity contribution in [3.05, 3.63) is 35.4 Å². The maximum Gasteiger partial charge on any atom is 0.309 e. The summed E-state index contributed by atoms with van der Waals surface area (Å²) in [5.41, 5.74) is -0.241. The van der Waals surface area contributed by atoms with Gasteiger partial charge in [-0.25, -0.2) is 8.78 Å². The van der Waals surface area contributed by atoms with Gasteiger partial charge in [0.25, 0.3) is 0 Å². The normalized spacial score (nSPS) is 11.5. The molecule has 0 aromatic heterocycles. The Hall–Kier alpha value is -1.45. The van der Waals surface area contributed by atoms with Gasteiger partial charge in [0.05, 0.1) is 5.41 Å². The molecule has 4 heteroatoms. The molecule has 0 aliphatic heterocycles. The first-order valence-electron chi connectivity index (χ1n) is 5.49. The second kappa shape index (κ2) is 5.25. The van der Waals surface area contributed by atoms with E-state index in [9.17, 15) is 13.6 Å². The Kier molecular flexibility index (Phi) is 4.21. The van der Waals surface area contributed by atoms with Crippen molar-refractivity contribution in [1.29, 1.82) is 0 Å². The number of halogens is 2. The first-order chi connectivity index (χ1) is 7.81. The minimum absolute atomic E-state index is 0.473. The van der Waals surface area contributed by atoms with Crippen molar-refractivity contribution in [1.82, 2.24) is 0 Å². The van der Waals surface area contributed by atoms with E-state index in [1.54, 1.807) is 13.8 Å². The molecule has 0 atom stereocenters. The van der Waals surface area contributed by atoms with E-state index >= 15 is 0 Å². The molecule has 0 fully saturated rings. The zero-order chi connectivity index (χ0) is 13.1. The van der Waals surface area contributed by atoms with Gasteiger partial charge in [0.15, 0.2) is 0 Å². The molecule has 0 bridgehead atoms. The van der Waals surface area contributed by atoms with Crippen LogP contribution < -0.4 is 0 Å². The van der Waals surface area contributed by atoms with E-state index in [1.807, 2.05) is 0 Å². The van der Waals surface area contributed by atoms with Crippen LogP contribution in [0.25, 0.3) is 0 Å². The molecule has 1 N–H and O–H groups in total. The van der Waals surface area contributed by atoms with Crippen LogP contribution in [0.5, 0.6) is 0 Å². The van der Waals surface area contributed by atoms with Gasteiger partial charge < -0.3 is 5.11 Å². The van der Waals surface area contributed by atoms with Gasteiger partial charge in [-0.1, -0.05) is 0 Å². The van der Waals surface area contributed by atoms with Crippen molar-refractivity contribution >= 4 is 5.97 Å². The molecule has 1 aromatic carbocycles. The molecule has 2 nitrogen and oxygen atoms in total. The van der Waals surface area contributed by atoms with Gasteiger partial charge in [-0.3, -0.25) is 4.79 Å². The van der Waals surface area contributed by atoms with Crippen LogP contribution in [0, 0.1) is 17.0 Å². The quantitative estimate of drug-likeness (QED) is 0.859. The predicted octanol–water partition coefficient (Wildman–Crippen LogP) is 3.40. The van der Waals surface area contributed by atoms with Crippen LogP contribution in [0.1, 0.15) is 32.3 Å². The Morgan fingerprint density at radius 2 is 1.76 bits per heavy atom. The molecule has 0 aliphatic rings. The lowest BCUT2D eigenvalue weighted by molar-refractivity contribution is -0.147. The average Bonchev–Trinajstić information content (AvgIpc) is 2.15. The molecule has 17 heavy (non-hydrogen) atoms. The lowest BCUT2D eigenvalue weighted by atomic mass is 9.87. The van der Waals surface area contributed by atoms with Crippen LogP contribution in [0.4, 0.5) is 8.78 Å². The smallest absolute Gasteiger partial charge is 0.309 e. The molecule has 1 aromatic rings. The molecule has 94 valence electrons. The van der Waals surface area contributed by atoms with Gasteiger partial charge in [-0.2, -0.15) is 0 Å². The molecular weight excluding hydrogens is 226 g/mol. The molecule has 0 aliphatic carbocycles. The Bertz CT molecular complexity index is 394. The third-order valence-corrected chi connectivity index (χ3v) is 2.77. The molecule has 0 unspecified atom stereocenters. The van der Waals surface area contributed by atoms with Gasteiger partial charge in [-0.05, 0) is 50.8 Å². The minimum Gasteiger partial charge on any atom is -0.481 e. The van der Waals surface area contributed by atoms with Crippen LogP contribution >= 0.6 is 0 Å². The lowest BCUT2D eigenvalue weighted by Crippen LogP contribution is -2.23. The molecule has 0 amide bonds. The van der Waals surface area contributed by atoms with E-state index in [1.165, 1.54) is 12.1 Å². The Morgan fingerprint density at radius 1 is 1.24 bits per heavy atom. The van der Waals surface area contributed by atoms with Crippen molar-refractivity contribution in [2.45, 2.75) is 33.1 Å². The lowest BCUT2D eigenvalue weighted by Gasteiger charge is -2.18. The summed E-state index contributed by atoms with van der Waals surface area (Å²) >= 11 is 0. The zero-order valence-electron chi connectivity index (χ0n) is 9.96. The van der Waals surface area contributed by atoms with Crippen molar-refractivity contribution < 1.29 is 18.7 Å². The monoisotopic (exact) mass is 242 g/mol. The number of hydrogen-bond acceptors (Lipinski definition) is 1. The summed E-state index contributed by atoms with van der Waals surface area (Å²) in [5, 5.41) is 8.91. The number of carboxylic acid groups (broad SMARTS) is 1. The fourth-order valence-corrected chi connectivity index (χ4v) is 1.60. The van der Waals surface area contributed by atoms with Gasteiger partial charge >= 0.3 is 5.97 Å². The van der Waals surface area contributed by atoms with Gasteiger partial charge in [0.2, 0.25) is 0 Å². The van der Waals surface area contributed by atoms with E-state index in [0.29, 0.717) is 24.8 Å². The summed E-state index contributed by atoms with van der Waals surface area (Å²) in [4.78, 5) is 10.9. The first kappa shape index (κ1) is 13.6. The standard InChI is InChI=1S/C13H16F2O2/c1-13(2,12(16)17)5-3-4-9-6-10(14)8-11(15)7-9/h6-8H,3-5H2,1-2H3,(H,16,17). The topological polar surface area (TPSA) is 37.3 Å². The molecule has 0 saturated heterocycles. The fraction of sp³-hybridized carbons (Fsp3) is 0.462. The third-order valence-electron chi connectivity index (χ3n) is 2.77. The zero-order valence-corrected chi connectivity index (χ0v) is 9.96. The number of aliphatic carboxylic acids is 1. The van der Waals surface area contributed by atoms with E-state index in [4.69, 9.17) is 5.11 Å². The Balaban J connectivity index is 2.54. The minimum atomic E-state index is -0.858. The van der Waals surface area contributed by atoms with Crippen LogP contribution in [0.2, 0.25) is 0 Å².